The molecule has 1 aromatic rings. The lowest BCUT2D eigenvalue weighted by Gasteiger charge is -2.19. The van der Waals surface area contributed by atoms with Gasteiger partial charge in [-0.05, 0) is 50.3 Å². The molecule has 1 saturated heterocycles. The van der Waals surface area contributed by atoms with Crippen molar-refractivity contribution in [3.63, 3.8) is 0 Å². The average Bonchev–Trinajstić information content (AvgIpc) is 3.20. The molecule has 0 unspecified atom stereocenters. The van der Waals surface area contributed by atoms with E-state index in [2.05, 4.69) is 15.6 Å². The highest BCUT2D eigenvalue weighted by Gasteiger charge is 2.44. The largest absolute Gasteiger partial charge is 0.357 e. The zero-order valence-electron chi connectivity index (χ0n) is 14.9. The number of likely N-dealkylation sites (tertiary alicyclic amines) is 1. The van der Waals surface area contributed by atoms with E-state index >= 15 is 0 Å². The summed E-state index contributed by atoms with van der Waals surface area (Å²) in [5.41, 5.74) is 1.22. The number of nitrogens with one attached hydrogen (secondary N) is 2. The number of aliphatic imine (C=N–C) groups is 1. The Hall–Kier alpha value is -2.11. The maximum Gasteiger partial charge on any atom is 0.244 e. The number of rotatable bonds is 6. The summed E-state index contributed by atoms with van der Waals surface area (Å²) in [4.78, 5) is 18.5. The maximum atomic E-state index is 13.1. The lowest BCUT2D eigenvalue weighted by Crippen LogP contribution is -2.42. The Morgan fingerprint density at radius 2 is 1.88 bits per heavy atom. The molecule has 0 atom stereocenters. The van der Waals surface area contributed by atoms with Crippen LogP contribution in [0.15, 0.2) is 29.3 Å². The lowest BCUT2D eigenvalue weighted by molar-refractivity contribution is -0.128. The number of benzene rings is 1. The number of guanidine groups is 1. The number of carbonyl (C=O) groups is 1. The van der Waals surface area contributed by atoms with Crippen LogP contribution in [-0.4, -0.2) is 49.5 Å². The van der Waals surface area contributed by atoms with E-state index in [9.17, 15) is 9.18 Å². The monoisotopic (exact) mass is 346 g/mol. The number of amides is 1. The van der Waals surface area contributed by atoms with Crippen molar-refractivity contribution >= 4 is 11.9 Å². The molecule has 1 saturated carbocycles. The van der Waals surface area contributed by atoms with Gasteiger partial charge in [0.1, 0.15) is 12.4 Å². The summed E-state index contributed by atoms with van der Waals surface area (Å²) in [6.07, 6.45) is 4.34. The van der Waals surface area contributed by atoms with Gasteiger partial charge < -0.3 is 15.5 Å². The van der Waals surface area contributed by atoms with Gasteiger partial charge in [-0.3, -0.25) is 4.79 Å². The minimum absolute atomic E-state index is 0.0584. The van der Waals surface area contributed by atoms with Crippen LogP contribution < -0.4 is 10.6 Å². The molecule has 2 aliphatic rings. The maximum absolute atomic E-state index is 13.1. The van der Waals surface area contributed by atoms with Gasteiger partial charge in [-0.2, -0.15) is 0 Å². The van der Waals surface area contributed by atoms with Crippen molar-refractivity contribution in [1.82, 2.24) is 15.5 Å². The van der Waals surface area contributed by atoms with Crippen molar-refractivity contribution < 1.29 is 9.18 Å². The van der Waals surface area contributed by atoms with Crippen LogP contribution in [0.5, 0.6) is 0 Å². The predicted molar refractivity (Wildman–Crippen MR) is 97.1 cm³/mol. The van der Waals surface area contributed by atoms with Crippen LogP contribution in [0.25, 0.3) is 0 Å². The molecule has 5 nitrogen and oxygen atoms in total. The van der Waals surface area contributed by atoms with Crippen molar-refractivity contribution in [1.29, 1.82) is 0 Å². The van der Waals surface area contributed by atoms with Crippen molar-refractivity contribution in [3.8, 4) is 0 Å². The Morgan fingerprint density at radius 1 is 1.20 bits per heavy atom. The minimum Gasteiger partial charge on any atom is -0.357 e. The van der Waals surface area contributed by atoms with E-state index in [1.54, 1.807) is 0 Å². The summed E-state index contributed by atoms with van der Waals surface area (Å²) < 4.78 is 13.1. The van der Waals surface area contributed by atoms with E-state index < -0.39 is 0 Å². The summed E-state index contributed by atoms with van der Waals surface area (Å²) in [7, 11) is 0. The normalized spacial score (nSPS) is 19.0. The summed E-state index contributed by atoms with van der Waals surface area (Å²) in [6.45, 7) is 5.37. The van der Waals surface area contributed by atoms with E-state index in [4.69, 9.17) is 0 Å². The molecule has 1 aromatic carbocycles. The topological polar surface area (TPSA) is 56.7 Å². The Morgan fingerprint density at radius 3 is 2.48 bits per heavy atom. The Balaban J connectivity index is 1.57. The first kappa shape index (κ1) is 17.7. The van der Waals surface area contributed by atoms with Gasteiger partial charge in [-0.15, -0.1) is 0 Å². The second-order valence-electron chi connectivity index (χ2n) is 6.92. The van der Waals surface area contributed by atoms with E-state index in [0.29, 0.717) is 5.96 Å². The third-order valence-electron chi connectivity index (χ3n) is 5.08. The number of hydrogen-bond donors (Lipinski definition) is 2. The van der Waals surface area contributed by atoms with Crippen molar-refractivity contribution in [2.24, 2.45) is 4.99 Å². The summed E-state index contributed by atoms with van der Waals surface area (Å²) in [6, 6.07) is 6.77. The predicted octanol–water partition coefficient (Wildman–Crippen LogP) is 2.03. The van der Waals surface area contributed by atoms with Gasteiger partial charge >= 0.3 is 0 Å². The highest BCUT2D eigenvalue weighted by molar-refractivity contribution is 5.85. The van der Waals surface area contributed by atoms with E-state index in [0.717, 1.165) is 57.4 Å². The molecule has 2 fully saturated rings. The Bertz CT molecular complexity index is 619. The Kier molecular flexibility index (Phi) is 5.56. The quantitative estimate of drug-likeness (QED) is 0.612. The number of halogens is 1. The molecule has 1 amide bonds. The molecule has 3 rings (SSSR count). The molecule has 136 valence electrons. The second kappa shape index (κ2) is 7.85. The fraction of sp³-hybridized carbons (Fsp3) is 0.579. The highest BCUT2D eigenvalue weighted by atomic mass is 19.1. The van der Waals surface area contributed by atoms with Gasteiger partial charge in [0, 0.05) is 31.6 Å². The Labute approximate surface area is 148 Å². The molecule has 25 heavy (non-hydrogen) atoms. The van der Waals surface area contributed by atoms with Gasteiger partial charge in [0.2, 0.25) is 5.91 Å². The molecular weight excluding hydrogens is 319 g/mol. The molecule has 0 spiro atoms. The summed E-state index contributed by atoms with van der Waals surface area (Å²) in [5, 5.41) is 6.55. The van der Waals surface area contributed by atoms with Crippen LogP contribution in [0.3, 0.4) is 0 Å². The van der Waals surface area contributed by atoms with E-state index in [1.807, 2.05) is 24.0 Å². The smallest absolute Gasteiger partial charge is 0.244 e. The summed E-state index contributed by atoms with van der Waals surface area (Å²) in [5.74, 6) is 0.556. The van der Waals surface area contributed by atoms with Crippen molar-refractivity contribution in [2.45, 2.75) is 38.0 Å². The fourth-order valence-corrected chi connectivity index (χ4v) is 3.33. The number of nitrogens with zero attached hydrogens (tertiary/aromatic N) is 2. The first-order chi connectivity index (χ1) is 12.1. The summed E-state index contributed by atoms with van der Waals surface area (Å²) >= 11 is 0. The van der Waals surface area contributed by atoms with Crippen LogP contribution in [0.1, 0.15) is 38.2 Å². The first-order valence-corrected chi connectivity index (χ1v) is 9.19. The van der Waals surface area contributed by atoms with Gasteiger partial charge in [0.05, 0.1) is 0 Å². The second-order valence-corrected chi connectivity index (χ2v) is 6.92. The number of carbonyl (C=O) groups excluding carboxylic acids is 1. The van der Waals surface area contributed by atoms with E-state index in [-0.39, 0.29) is 23.7 Å². The molecule has 0 aromatic heterocycles. The lowest BCUT2D eigenvalue weighted by atomic mass is 9.96. The molecule has 1 aliphatic heterocycles. The molecule has 1 heterocycles. The molecule has 1 aliphatic carbocycles. The van der Waals surface area contributed by atoms with Gasteiger partial charge in [-0.25, -0.2) is 9.38 Å². The molecular formula is C19H27FN4O. The van der Waals surface area contributed by atoms with Crippen molar-refractivity contribution in [3.05, 3.63) is 35.6 Å². The van der Waals surface area contributed by atoms with Gasteiger partial charge in [0.15, 0.2) is 5.96 Å². The molecule has 6 heteroatoms. The molecule has 0 radical (unpaired) electrons. The van der Waals surface area contributed by atoms with Gasteiger partial charge in [-0.1, -0.05) is 12.1 Å². The zero-order chi connectivity index (χ0) is 17.7. The average molecular weight is 346 g/mol. The van der Waals surface area contributed by atoms with E-state index in [1.165, 1.54) is 12.1 Å². The van der Waals surface area contributed by atoms with Crippen LogP contribution >= 0.6 is 0 Å². The van der Waals surface area contributed by atoms with Crippen LogP contribution in [0.2, 0.25) is 0 Å². The van der Waals surface area contributed by atoms with Crippen LogP contribution in [0.4, 0.5) is 4.39 Å². The minimum atomic E-state index is -0.206. The fourth-order valence-electron chi connectivity index (χ4n) is 3.33. The number of hydrogen-bond acceptors (Lipinski definition) is 2. The van der Waals surface area contributed by atoms with Crippen molar-refractivity contribution in [2.75, 3.05) is 32.7 Å². The first-order valence-electron chi connectivity index (χ1n) is 9.19. The molecule has 0 bridgehead atoms. The highest BCUT2D eigenvalue weighted by Crippen LogP contribution is 2.47. The van der Waals surface area contributed by atoms with Crippen LogP contribution in [-0.2, 0) is 10.2 Å². The van der Waals surface area contributed by atoms with Gasteiger partial charge in [0.25, 0.3) is 0 Å². The standard InChI is InChI=1S/C19H27FN4O/c1-2-21-18(22-13-17(25)24-11-3-4-12-24)23-14-19(9-10-19)15-5-7-16(20)8-6-15/h5-8H,2-4,9-14H2,1H3,(H2,21,22,23). The third kappa shape index (κ3) is 4.50. The SMILES string of the molecule is CCNC(=NCC(=O)N1CCCC1)NCC1(c2ccc(F)cc2)CC1. The van der Waals surface area contributed by atoms with Crippen LogP contribution in [0, 0.1) is 5.82 Å². The third-order valence-corrected chi connectivity index (χ3v) is 5.08. The zero-order valence-corrected chi connectivity index (χ0v) is 14.9. The molecule has 2 N–H and O–H groups in total.